The predicted octanol–water partition coefficient (Wildman–Crippen LogP) is 2.99. The van der Waals surface area contributed by atoms with Gasteiger partial charge in [0, 0.05) is 0 Å². The fourth-order valence-electron chi connectivity index (χ4n) is 2.67. The van der Waals surface area contributed by atoms with Gasteiger partial charge >= 0.3 is 0 Å². The molecule has 0 saturated heterocycles. The summed E-state index contributed by atoms with van der Waals surface area (Å²) >= 11 is 0. The van der Waals surface area contributed by atoms with Crippen molar-refractivity contribution >= 4 is 16.8 Å². The van der Waals surface area contributed by atoms with E-state index in [0.29, 0.717) is 0 Å². The van der Waals surface area contributed by atoms with Crippen LogP contribution < -0.4 is 10.6 Å². The molecular formula is C18H13N. The number of hydrogen-bond donors (Lipinski definition) is 0. The Labute approximate surface area is 111 Å². The fourth-order valence-corrected chi connectivity index (χ4v) is 2.67. The van der Waals surface area contributed by atoms with Gasteiger partial charge < -0.3 is 0 Å². The normalized spacial score (nSPS) is 16.7. The number of fused-ring (bicyclic) bond motifs is 2. The molecule has 0 spiro atoms. The quantitative estimate of drug-likeness (QED) is 0.623. The van der Waals surface area contributed by atoms with Crippen LogP contribution in [-0.2, 0) is 0 Å². The number of rotatable bonds is 1. The van der Waals surface area contributed by atoms with Crippen molar-refractivity contribution in [2.24, 2.45) is 4.99 Å². The maximum Gasteiger partial charge on any atom is 0.0947 e. The van der Waals surface area contributed by atoms with E-state index >= 15 is 0 Å². The minimum atomic E-state index is 0.155. The third-order valence-electron chi connectivity index (χ3n) is 3.67. The molecule has 0 unspecified atom stereocenters. The molecule has 0 N–H and O–H groups in total. The summed E-state index contributed by atoms with van der Waals surface area (Å²) in [7, 11) is 0. The van der Waals surface area contributed by atoms with Gasteiger partial charge in [-0.1, -0.05) is 54.6 Å². The molecule has 0 bridgehead atoms. The molecular weight excluding hydrogens is 230 g/mol. The van der Waals surface area contributed by atoms with Gasteiger partial charge in [0.2, 0.25) is 0 Å². The molecule has 0 radical (unpaired) electrons. The van der Waals surface area contributed by atoms with Gasteiger partial charge in [-0.25, -0.2) is 0 Å². The smallest absolute Gasteiger partial charge is 0.0947 e. The van der Waals surface area contributed by atoms with Crippen molar-refractivity contribution in [1.82, 2.24) is 0 Å². The molecule has 0 amide bonds. The summed E-state index contributed by atoms with van der Waals surface area (Å²) < 4.78 is 0. The highest BCUT2D eigenvalue weighted by molar-refractivity contribution is 5.83. The standard InChI is InChI=1S/C18H13N/c1-2-6-14-11-16(10-9-13(14)5-1)18-12-15-7-3-4-8-17(15)19-18/h1-12,18H/t18-/m1/s1. The first-order valence-corrected chi connectivity index (χ1v) is 6.54. The molecule has 19 heavy (non-hydrogen) atoms. The lowest BCUT2D eigenvalue weighted by Crippen LogP contribution is -2.19. The average Bonchev–Trinajstić information content (AvgIpc) is 2.90. The van der Waals surface area contributed by atoms with E-state index in [4.69, 9.17) is 4.99 Å². The van der Waals surface area contributed by atoms with Gasteiger partial charge in [-0.3, -0.25) is 4.99 Å². The van der Waals surface area contributed by atoms with Crippen molar-refractivity contribution in [3.63, 3.8) is 0 Å². The molecule has 0 aliphatic carbocycles. The SMILES string of the molecule is C1=c2ccccc2=N[C@H]1c1ccc2ccccc2c1. The van der Waals surface area contributed by atoms with Gasteiger partial charge in [0.25, 0.3) is 0 Å². The van der Waals surface area contributed by atoms with Crippen LogP contribution in [0, 0.1) is 0 Å². The molecule has 1 nitrogen and oxygen atoms in total. The van der Waals surface area contributed by atoms with Crippen molar-refractivity contribution < 1.29 is 0 Å². The van der Waals surface area contributed by atoms with Crippen LogP contribution in [0.4, 0.5) is 0 Å². The van der Waals surface area contributed by atoms with Crippen LogP contribution in [0.15, 0.2) is 71.7 Å². The largest absolute Gasteiger partial charge is 0.272 e. The Morgan fingerprint density at radius 3 is 2.42 bits per heavy atom. The summed E-state index contributed by atoms with van der Waals surface area (Å²) in [6, 6.07) is 23.5. The van der Waals surface area contributed by atoms with Crippen LogP contribution >= 0.6 is 0 Å². The van der Waals surface area contributed by atoms with E-state index in [-0.39, 0.29) is 6.04 Å². The summed E-state index contributed by atoms with van der Waals surface area (Å²) in [5.41, 5.74) is 1.26. The van der Waals surface area contributed by atoms with Gasteiger partial charge in [0.05, 0.1) is 11.4 Å². The molecule has 0 saturated carbocycles. The Morgan fingerprint density at radius 2 is 1.53 bits per heavy atom. The Kier molecular flexibility index (Phi) is 2.25. The van der Waals surface area contributed by atoms with Gasteiger partial charge in [0.1, 0.15) is 0 Å². The molecule has 1 aliphatic heterocycles. The Hall–Kier alpha value is -2.41. The van der Waals surface area contributed by atoms with Gasteiger partial charge in [-0.15, -0.1) is 0 Å². The summed E-state index contributed by atoms with van der Waals surface area (Å²) in [6.45, 7) is 0. The maximum atomic E-state index is 4.77. The Balaban J connectivity index is 1.86. The third kappa shape index (κ3) is 1.75. The molecule has 1 heterocycles. The molecule has 1 heteroatoms. The number of hydrogen-bond acceptors (Lipinski definition) is 1. The second-order valence-electron chi connectivity index (χ2n) is 4.91. The van der Waals surface area contributed by atoms with Crippen molar-refractivity contribution in [3.8, 4) is 0 Å². The van der Waals surface area contributed by atoms with Crippen molar-refractivity contribution in [3.05, 3.63) is 82.9 Å². The van der Waals surface area contributed by atoms with E-state index in [9.17, 15) is 0 Å². The van der Waals surface area contributed by atoms with Gasteiger partial charge in [0.15, 0.2) is 0 Å². The zero-order chi connectivity index (χ0) is 12.7. The highest BCUT2D eigenvalue weighted by atomic mass is 14.8. The topological polar surface area (TPSA) is 12.4 Å². The van der Waals surface area contributed by atoms with E-state index in [1.807, 2.05) is 6.07 Å². The number of para-hydroxylation sites is 1. The van der Waals surface area contributed by atoms with Crippen LogP contribution in [0.5, 0.6) is 0 Å². The predicted molar refractivity (Wildman–Crippen MR) is 78.4 cm³/mol. The second-order valence-corrected chi connectivity index (χ2v) is 4.91. The minimum Gasteiger partial charge on any atom is -0.272 e. The summed E-state index contributed by atoms with van der Waals surface area (Å²) in [5.74, 6) is 0. The van der Waals surface area contributed by atoms with Crippen molar-refractivity contribution in [2.75, 3.05) is 0 Å². The van der Waals surface area contributed by atoms with Crippen LogP contribution in [-0.4, -0.2) is 0 Å². The molecule has 3 aromatic rings. The first kappa shape index (κ1) is 10.5. The molecule has 3 aromatic carbocycles. The monoisotopic (exact) mass is 243 g/mol. The van der Waals surface area contributed by atoms with Crippen molar-refractivity contribution in [1.29, 1.82) is 0 Å². The van der Waals surface area contributed by atoms with Crippen LogP contribution in [0.3, 0.4) is 0 Å². The highest BCUT2D eigenvalue weighted by Gasteiger charge is 2.11. The molecule has 1 atom stereocenters. The zero-order valence-electron chi connectivity index (χ0n) is 10.5. The molecule has 0 aromatic heterocycles. The van der Waals surface area contributed by atoms with Gasteiger partial charge in [-0.05, 0) is 39.8 Å². The Bertz CT molecular complexity index is 842. The molecule has 4 rings (SSSR count). The van der Waals surface area contributed by atoms with Crippen LogP contribution in [0.25, 0.3) is 16.8 Å². The Morgan fingerprint density at radius 1 is 0.737 bits per heavy atom. The molecule has 1 aliphatic rings. The lowest BCUT2D eigenvalue weighted by atomic mass is 10.0. The third-order valence-corrected chi connectivity index (χ3v) is 3.67. The van der Waals surface area contributed by atoms with E-state index in [0.717, 1.165) is 5.36 Å². The van der Waals surface area contributed by atoms with E-state index in [1.54, 1.807) is 0 Å². The lowest BCUT2D eigenvalue weighted by Gasteiger charge is -2.06. The van der Waals surface area contributed by atoms with Crippen molar-refractivity contribution in [2.45, 2.75) is 6.04 Å². The first-order chi connectivity index (χ1) is 9.40. The minimum absolute atomic E-state index is 0.155. The summed E-state index contributed by atoms with van der Waals surface area (Å²) in [4.78, 5) is 4.77. The number of benzene rings is 3. The fraction of sp³-hybridized carbons (Fsp3) is 0.0556. The van der Waals surface area contributed by atoms with Gasteiger partial charge in [-0.2, -0.15) is 0 Å². The molecule has 0 fully saturated rings. The highest BCUT2D eigenvalue weighted by Crippen LogP contribution is 2.24. The number of nitrogens with zero attached hydrogens (tertiary/aromatic N) is 1. The summed E-state index contributed by atoms with van der Waals surface area (Å²) in [5, 5.41) is 4.89. The maximum absolute atomic E-state index is 4.77. The van der Waals surface area contributed by atoms with Crippen LogP contribution in [0.2, 0.25) is 0 Å². The second kappa shape index (κ2) is 4.06. The van der Waals surface area contributed by atoms with Crippen LogP contribution in [0.1, 0.15) is 11.6 Å². The van der Waals surface area contributed by atoms with E-state index in [2.05, 4.69) is 66.7 Å². The lowest BCUT2D eigenvalue weighted by molar-refractivity contribution is 0.945. The van der Waals surface area contributed by atoms with E-state index < -0.39 is 0 Å². The average molecular weight is 243 g/mol. The zero-order valence-corrected chi connectivity index (χ0v) is 10.5. The summed E-state index contributed by atoms with van der Waals surface area (Å²) in [6.07, 6.45) is 2.24. The first-order valence-electron chi connectivity index (χ1n) is 6.54. The molecule has 90 valence electrons. The van der Waals surface area contributed by atoms with E-state index in [1.165, 1.54) is 21.6 Å².